The monoisotopic (exact) mass is 588 g/mol. The van der Waals surface area contributed by atoms with Gasteiger partial charge in [-0.15, -0.1) is 0 Å². The normalized spacial score (nSPS) is 20.4. The lowest BCUT2D eigenvalue weighted by Crippen LogP contribution is -2.42. The minimum absolute atomic E-state index is 0.0183. The van der Waals surface area contributed by atoms with Crippen LogP contribution in [0.2, 0.25) is 20.1 Å². The van der Waals surface area contributed by atoms with E-state index in [1.165, 1.54) is 6.07 Å². The van der Waals surface area contributed by atoms with Crippen molar-refractivity contribution in [2.24, 2.45) is 5.16 Å². The van der Waals surface area contributed by atoms with E-state index < -0.39 is 45.3 Å². The molecule has 0 spiro atoms. The van der Waals surface area contributed by atoms with Gasteiger partial charge in [0.15, 0.2) is 9.84 Å². The maximum Gasteiger partial charge on any atom is 0.435 e. The summed E-state index contributed by atoms with van der Waals surface area (Å²) in [7, 11) is -4.09. The first-order chi connectivity index (χ1) is 16.2. The third kappa shape index (κ3) is 5.22. The van der Waals surface area contributed by atoms with Crippen molar-refractivity contribution in [1.29, 1.82) is 0 Å². The van der Waals surface area contributed by atoms with Crippen LogP contribution in [0.4, 0.5) is 13.2 Å². The summed E-state index contributed by atoms with van der Waals surface area (Å²) in [4.78, 5) is 16.5. The third-order valence-electron chi connectivity index (χ3n) is 5.50. The van der Waals surface area contributed by atoms with Crippen LogP contribution in [-0.2, 0) is 25.1 Å². The molecule has 6 nitrogen and oxygen atoms in total. The van der Waals surface area contributed by atoms with Crippen LogP contribution in [0.3, 0.4) is 0 Å². The highest BCUT2D eigenvalue weighted by molar-refractivity contribution is 7.92. The van der Waals surface area contributed by atoms with Gasteiger partial charge in [-0.25, -0.2) is 8.42 Å². The van der Waals surface area contributed by atoms with Crippen LogP contribution in [0.15, 0.2) is 40.4 Å². The standard InChI is InChI=1S/C21H15Cl4F3N2O4S/c22-13-5-10(1-4-17(13)35(32,33)9-18(31)29-12-2-3-12)16-8-20(34-30-16,21(26,27)28)11-6-14(23)19(25)15(24)7-11/h1,4-7,12H,2-3,8-9H2,(H,29,31)/t20-/m0/s1. The largest absolute Gasteiger partial charge is 0.435 e. The number of hydrogen-bond donors (Lipinski definition) is 1. The molecule has 1 N–H and O–H groups in total. The molecule has 1 saturated carbocycles. The molecule has 2 aromatic rings. The molecule has 1 atom stereocenters. The highest BCUT2D eigenvalue weighted by atomic mass is 35.5. The first kappa shape index (κ1) is 26.3. The van der Waals surface area contributed by atoms with Crippen molar-refractivity contribution >= 4 is 67.9 Å². The Hall–Kier alpha value is -1.72. The van der Waals surface area contributed by atoms with E-state index >= 15 is 0 Å². The molecular weight excluding hydrogens is 575 g/mol. The molecule has 35 heavy (non-hydrogen) atoms. The molecule has 0 saturated heterocycles. The summed E-state index contributed by atoms with van der Waals surface area (Å²) in [5.74, 6) is -1.46. The second kappa shape index (κ2) is 9.30. The van der Waals surface area contributed by atoms with Gasteiger partial charge in [-0.3, -0.25) is 4.79 Å². The predicted octanol–water partition coefficient (Wildman–Crippen LogP) is 5.93. The summed E-state index contributed by atoms with van der Waals surface area (Å²) >= 11 is 23.9. The first-order valence-corrected chi connectivity index (χ1v) is 13.2. The van der Waals surface area contributed by atoms with Crippen molar-refractivity contribution < 1.29 is 31.2 Å². The van der Waals surface area contributed by atoms with Crippen molar-refractivity contribution in [1.82, 2.24) is 5.32 Å². The van der Waals surface area contributed by atoms with Crippen LogP contribution in [0.1, 0.15) is 30.4 Å². The average Bonchev–Trinajstić information content (AvgIpc) is 3.42. The highest BCUT2D eigenvalue weighted by Gasteiger charge is 2.62. The van der Waals surface area contributed by atoms with E-state index in [0.717, 1.165) is 37.1 Å². The summed E-state index contributed by atoms with van der Waals surface area (Å²) in [6.07, 6.45) is -4.11. The number of benzene rings is 2. The molecule has 1 amide bonds. The number of rotatable bonds is 6. The smallest absolute Gasteiger partial charge is 0.374 e. The molecule has 0 aromatic heterocycles. The van der Waals surface area contributed by atoms with Crippen LogP contribution in [0, 0.1) is 0 Å². The number of nitrogens with zero attached hydrogens (tertiary/aromatic N) is 1. The Kier molecular flexibility index (Phi) is 7.00. The zero-order chi connectivity index (χ0) is 25.8. The minimum Gasteiger partial charge on any atom is -0.374 e. The summed E-state index contributed by atoms with van der Waals surface area (Å²) in [6, 6.07) is 5.49. The fourth-order valence-electron chi connectivity index (χ4n) is 3.53. The maximum absolute atomic E-state index is 14.2. The maximum atomic E-state index is 14.2. The molecule has 1 aliphatic carbocycles. The second-order valence-electron chi connectivity index (χ2n) is 8.13. The SMILES string of the molecule is O=C(CS(=O)(=O)c1ccc(C2=NO[C@@](c3cc(Cl)c(Cl)c(Cl)c3)(C(F)(F)F)C2)cc1Cl)NC1CC1. The Bertz CT molecular complexity index is 1320. The van der Waals surface area contributed by atoms with E-state index in [1.54, 1.807) is 0 Å². The van der Waals surface area contributed by atoms with Crippen molar-refractivity contribution in [3.8, 4) is 0 Å². The molecule has 2 aromatic carbocycles. The van der Waals surface area contributed by atoms with Gasteiger partial charge in [0.1, 0.15) is 5.75 Å². The van der Waals surface area contributed by atoms with Gasteiger partial charge < -0.3 is 10.2 Å². The van der Waals surface area contributed by atoms with Crippen LogP contribution >= 0.6 is 46.4 Å². The van der Waals surface area contributed by atoms with Gasteiger partial charge in [0.05, 0.1) is 30.7 Å². The number of oxime groups is 1. The van der Waals surface area contributed by atoms with Gasteiger partial charge in [0.2, 0.25) is 5.91 Å². The fraction of sp³-hybridized carbons (Fsp3) is 0.333. The van der Waals surface area contributed by atoms with E-state index in [0.29, 0.717) is 0 Å². The number of carbonyl (C=O) groups excluding carboxylic acids is 1. The van der Waals surface area contributed by atoms with E-state index in [9.17, 15) is 26.4 Å². The molecule has 1 fully saturated rings. The zero-order valence-electron chi connectivity index (χ0n) is 17.4. The van der Waals surface area contributed by atoms with E-state index in [1.807, 2.05) is 0 Å². The Morgan fingerprint density at radius 1 is 1.09 bits per heavy atom. The van der Waals surface area contributed by atoms with Crippen LogP contribution in [0.5, 0.6) is 0 Å². The van der Waals surface area contributed by atoms with Gasteiger partial charge >= 0.3 is 6.18 Å². The summed E-state index contributed by atoms with van der Waals surface area (Å²) in [5, 5.41) is 5.41. The molecule has 1 heterocycles. The van der Waals surface area contributed by atoms with Crippen LogP contribution in [-0.4, -0.2) is 38.0 Å². The van der Waals surface area contributed by atoms with Crippen LogP contribution < -0.4 is 5.32 Å². The quantitative estimate of drug-likeness (QED) is 0.423. The van der Waals surface area contributed by atoms with E-state index in [4.69, 9.17) is 51.2 Å². The van der Waals surface area contributed by atoms with Crippen molar-refractivity contribution in [3.05, 3.63) is 61.5 Å². The lowest BCUT2D eigenvalue weighted by Gasteiger charge is -2.30. The first-order valence-electron chi connectivity index (χ1n) is 10.0. The van der Waals surface area contributed by atoms with Gasteiger partial charge in [-0.1, -0.05) is 57.6 Å². The highest BCUT2D eigenvalue weighted by Crippen LogP contribution is 2.50. The van der Waals surface area contributed by atoms with Crippen molar-refractivity contribution in [3.63, 3.8) is 0 Å². The topological polar surface area (TPSA) is 84.8 Å². The van der Waals surface area contributed by atoms with Gasteiger partial charge in [0, 0.05) is 23.6 Å². The van der Waals surface area contributed by atoms with Gasteiger partial charge in [-0.2, -0.15) is 13.2 Å². The number of alkyl halides is 3. The van der Waals surface area contributed by atoms with Crippen molar-refractivity contribution in [2.75, 3.05) is 5.75 Å². The zero-order valence-corrected chi connectivity index (χ0v) is 21.3. The van der Waals surface area contributed by atoms with Gasteiger partial charge in [0.25, 0.3) is 5.60 Å². The lowest BCUT2D eigenvalue weighted by molar-refractivity contribution is -0.275. The number of amides is 1. The number of halogens is 7. The molecule has 4 rings (SSSR count). The Morgan fingerprint density at radius 2 is 1.71 bits per heavy atom. The average molecular weight is 590 g/mol. The second-order valence-corrected chi connectivity index (χ2v) is 11.7. The Morgan fingerprint density at radius 3 is 2.26 bits per heavy atom. The Labute approximate surface area is 218 Å². The van der Waals surface area contributed by atoms with E-state index in [2.05, 4.69) is 10.5 Å². The number of nitrogens with one attached hydrogen (secondary N) is 1. The molecule has 0 radical (unpaired) electrons. The summed E-state index contributed by atoms with van der Waals surface area (Å²) in [5.41, 5.74) is -3.34. The van der Waals surface area contributed by atoms with E-state index in [-0.39, 0.29) is 42.3 Å². The molecule has 0 unspecified atom stereocenters. The molecule has 1 aliphatic heterocycles. The minimum atomic E-state index is -4.93. The van der Waals surface area contributed by atoms with Crippen LogP contribution in [0.25, 0.3) is 0 Å². The fourth-order valence-corrected chi connectivity index (χ4v) is 5.87. The number of hydrogen-bond acceptors (Lipinski definition) is 5. The lowest BCUT2D eigenvalue weighted by atomic mass is 9.86. The molecule has 0 bridgehead atoms. The number of carbonyl (C=O) groups is 1. The Balaban J connectivity index is 1.61. The summed E-state index contributed by atoms with van der Waals surface area (Å²) < 4.78 is 67.9. The number of sulfone groups is 1. The predicted molar refractivity (Wildman–Crippen MR) is 126 cm³/mol. The molecule has 188 valence electrons. The molecule has 2 aliphatic rings. The molecule has 14 heteroatoms. The van der Waals surface area contributed by atoms with Crippen molar-refractivity contribution in [2.45, 2.75) is 42.0 Å². The van der Waals surface area contributed by atoms with Gasteiger partial charge in [-0.05, 0) is 37.1 Å². The summed E-state index contributed by atoms with van der Waals surface area (Å²) in [6.45, 7) is 0. The third-order valence-corrected chi connectivity index (χ3v) is 8.79. The molecular formula is C21H15Cl4F3N2O4S.